The molecule has 1 aliphatic carbocycles. The lowest BCUT2D eigenvalue weighted by Gasteiger charge is -2.32. The van der Waals surface area contributed by atoms with Gasteiger partial charge in [-0.1, -0.05) is 64.5 Å². The third-order valence-corrected chi connectivity index (χ3v) is 10.1. The van der Waals surface area contributed by atoms with Gasteiger partial charge in [-0.25, -0.2) is 14.8 Å². The molecule has 4 aromatic rings. The Morgan fingerprint density at radius 1 is 0.792 bits per heavy atom. The highest BCUT2D eigenvalue weighted by Crippen LogP contribution is 2.39. The lowest BCUT2D eigenvalue weighted by molar-refractivity contribution is 0.00578. The first kappa shape index (κ1) is 40.1. The number of aromatic nitrogens is 6. The van der Waals surface area contributed by atoms with Crippen LogP contribution in [0.3, 0.4) is 0 Å². The van der Waals surface area contributed by atoms with E-state index in [1.165, 1.54) is 36.8 Å². The Bertz CT molecular complexity index is 1880. The van der Waals surface area contributed by atoms with Crippen LogP contribution in [-0.4, -0.2) is 77.5 Å². The number of aryl methyl sites for hydroxylation is 2. The lowest BCUT2D eigenvalue weighted by atomic mass is 9.75. The zero-order valence-corrected chi connectivity index (χ0v) is 34.2. The number of carbonyl (C=O) groups is 1. The maximum absolute atomic E-state index is 12.1. The molecule has 0 radical (unpaired) electrons. The maximum atomic E-state index is 12.1. The van der Waals surface area contributed by atoms with E-state index in [2.05, 4.69) is 66.4 Å². The van der Waals surface area contributed by atoms with Gasteiger partial charge in [0.25, 0.3) is 0 Å². The molecule has 11 nitrogen and oxygen atoms in total. The van der Waals surface area contributed by atoms with E-state index < -0.39 is 5.60 Å². The highest BCUT2D eigenvalue weighted by molar-refractivity contribution is 9.10. The fourth-order valence-corrected chi connectivity index (χ4v) is 6.13. The smallest absolute Gasteiger partial charge is 0.444 e. The van der Waals surface area contributed by atoms with Crippen LogP contribution in [0.2, 0.25) is 0 Å². The third kappa shape index (κ3) is 11.0. The summed E-state index contributed by atoms with van der Waals surface area (Å²) >= 11 is 3.38. The number of nitrogens with zero attached hydrogens (tertiary/aromatic N) is 7. The summed E-state index contributed by atoms with van der Waals surface area (Å²) in [5.74, 6) is 1.55. The molecule has 1 fully saturated rings. The summed E-state index contributed by atoms with van der Waals surface area (Å²) in [6.07, 6.45) is 13.4. The van der Waals surface area contributed by atoms with E-state index in [9.17, 15) is 4.79 Å². The standard InChI is InChI=1S/C16H28BNO4.C15H17N3.C9H8BrN3/c1-14(2,3)20-13(19)18-10-8-12(9-11-18)17-21-15(4,5)16(6,7)22-17;1-18-11-16-15(17-18)14-9-7-13(8-10-14)12-5-3-2-4-6-12;1-13-6-11-9(12-13)7-2-4-8(10)5-3-7/h8H,9-11H2,1-7H3;5,7-11H,2-4,6H2,1H3;2-6H,1H3. The van der Waals surface area contributed by atoms with E-state index in [1.54, 1.807) is 26.9 Å². The van der Waals surface area contributed by atoms with Crippen LogP contribution in [0.25, 0.3) is 28.3 Å². The van der Waals surface area contributed by atoms with Gasteiger partial charge in [-0.05, 0) is 109 Å². The van der Waals surface area contributed by atoms with E-state index in [0.29, 0.717) is 13.1 Å². The number of halogens is 1. The Morgan fingerprint density at radius 3 is 1.75 bits per heavy atom. The Hall–Kier alpha value is -4.07. The molecule has 0 bridgehead atoms. The average Bonchev–Trinajstić information content (AvgIpc) is 3.81. The summed E-state index contributed by atoms with van der Waals surface area (Å²) in [6.45, 7) is 15.0. The summed E-state index contributed by atoms with van der Waals surface area (Å²) in [6, 6.07) is 16.5. The quantitative estimate of drug-likeness (QED) is 0.189. The van der Waals surface area contributed by atoms with Gasteiger partial charge < -0.3 is 18.9 Å². The van der Waals surface area contributed by atoms with Crippen molar-refractivity contribution < 1.29 is 18.8 Å². The van der Waals surface area contributed by atoms with Gasteiger partial charge in [-0.2, -0.15) is 10.2 Å². The fraction of sp³-hybridized carbons (Fsp3) is 0.475. The molecule has 0 N–H and O–H groups in total. The molecule has 1 saturated heterocycles. The van der Waals surface area contributed by atoms with Gasteiger partial charge in [-0.15, -0.1) is 0 Å². The number of amides is 1. The summed E-state index contributed by atoms with van der Waals surface area (Å²) in [7, 11) is 3.43. The van der Waals surface area contributed by atoms with E-state index >= 15 is 0 Å². The molecule has 0 saturated carbocycles. The molecule has 0 spiro atoms. The zero-order chi connectivity index (χ0) is 38.4. The summed E-state index contributed by atoms with van der Waals surface area (Å²) < 4.78 is 22.0. The predicted octanol–water partition coefficient (Wildman–Crippen LogP) is 8.87. The molecule has 0 atom stereocenters. The minimum absolute atomic E-state index is 0.267. The van der Waals surface area contributed by atoms with Crippen molar-refractivity contribution in [3.63, 3.8) is 0 Å². The van der Waals surface area contributed by atoms with Gasteiger partial charge >= 0.3 is 13.2 Å². The van der Waals surface area contributed by atoms with E-state index in [0.717, 1.165) is 39.1 Å². The van der Waals surface area contributed by atoms with Gasteiger partial charge in [-0.3, -0.25) is 9.36 Å². The zero-order valence-electron chi connectivity index (χ0n) is 32.6. The second kappa shape index (κ2) is 16.9. The number of carbonyl (C=O) groups excluding carboxylic acids is 1. The first-order chi connectivity index (χ1) is 25.0. The highest BCUT2D eigenvalue weighted by atomic mass is 79.9. The Balaban J connectivity index is 0.000000158. The summed E-state index contributed by atoms with van der Waals surface area (Å²) in [5.41, 5.74) is 4.92. The molecule has 7 rings (SSSR count). The molecule has 13 heteroatoms. The van der Waals surface area contributed by atoms with Crippen molar-refractivity contribution in [2.24, 2.45) is 14.1 Å². The number of rotatable bonds is 4. The van der Waals surface area contributed by atoms with Crippen LogP contribution >= 0.6 is 15.9 Å². The van der Waals surface area contributed by atoms with Crippen molar-refractivity contribution in [1.29, 1.82) is 0 Å². The molecule has 53 heavy (non-hydrogen) atoms. The van der Waals surface area contributed by atoms with Gasteiger partial charge in [0.2, 0.25) is 0 Å². The number of hydrogen-bond donors (Lipinski definition) is 0. The summed E-state index contributed by atoms with van der Waals surface area (Å²) in [5, 5.41) is 8.51. The van der Waals surface area contributed by atoms with Crippen LogP contribution < -0.4 is 0 Å². The third-order valence-electron chi connectivity index (χ3n) is 9.56. The molecule has 282 valence electrons. The first-order valence-corrected chi connectivity index (χ1v) is 19.1. The first-order valence-electron chi connectivity index (χ1n) is 18.3. The van der Waals surface area contributed by atoms with Gasteiger partial charge in [0.1, 0.15) is 18.3 Å². The molecule has 2 aromatic heterocycles. The van der Waals surface area contributed by atoms with Crippen molar-refractivity contribution in [2.75, 3.05) is 13.1 Å². The van der Waals surface area contributed by atoms with Crippen molar-refractivity contribution >= 4 is 34.7 Å². The number of benzene rings is 2. The van der Waals surface area contributed by atoms with Gasteiger partial charge in [0.05, 0.1) is 11.2 Å². The monoisotopic (exact) mass is 785 g/mol. The minimum atomic E-state index is -0.465. The number of ether oxygens (including phenoxy) is 1. The van der Waals surface area contributed by atoms with Crippen LogP contribution in [0.15, 0.2) is 83.3 Å². The van der Waals surface area contributed by atoms with Gasteiger partial charge in [0.15, 0.2) is 11.6 Å². The highest BCUT2D eigenvalue weighted by Gasteiger charge is 2.52. The van der Waals surface area contributed by atoms with E-state index in [1.807, 2.05) is 92.9 Å². The molecule has 4 heterocycles. The molecular weight excluding hydrogens is 733 g/mol. The predicted molar refractivity (Wildman–Crippen MR) is 214 cm³/mol. The molecule has 3 aliphatic rings. The van der Waals surface area contributed by atoms with E-state index in [-0.39, 0.29) is 24.4 Å². The summed E-state index contributed by atoms with van der Waals surface area (Å²) in [4.78, 5) is 22.2. The number of allylic oxidation sites excluding steroid dienone is 2. The van der Waals surface area contributed by atoms with Crippen LogP contribution in [-0.2, 0) is 28.1 Å². The fourth-order valence-electron chi connectivity index (χ4n) is 5.86. The molecule has 2 aromatic carbocycles. The second-order valence-electron chi connectivity index (χ2n) is 15.6. The molecule has 1 amide bonds. The lowest BCUT2D eigenvalue weighted by Crippen LogP contribution is -2.41. The average molecular weight is 787 g/mol. The molecule has 0 unspecified atom stereocenters. The Labute approximate surface area is 323 Å². The van der Waals surface area contributed by atoms with Crippen molar-refractivity contribution in [3.05, 3.63) is 88.8 Å². The van der Waals surface area contributed by atoms with Crippen LogP contribution in [0.4, 0.5) is 4.79 Å². The van der Waals surface area contributed by atoms with Crippen molar-refractivity contribution in [1.82, 2.24) is 34.4 Å². The second-order valence-corrected chi connectivity index (χ2v) is 16.5. The van der Waals surface area contributed by atoms with Crippen LogP contribution in [0.1, 0.15) is 86.1 Å². The van der Waals surface area contributed by atoms with Crippen molar-refractivity contribution in [2.45, 2.75) is 97.4 Å². The SMILES string of the molecule is CC(C)(C)OC(=O)N1CC=C(B2OC(C)(C)C(C)(C)O2)CC1.Cn1cnc(-c2ccc(Br)cc2)n1.Cn1cnc(-c2ccc(C3=CCCCC3)cc2)n1. The Kier molecular flexibility index (Phi) is 12.8. The van der Waals surface area contributed by atoms with Crippen molar-refractivity contribution in [3.8, 4) is 22.8 Å². The van der Waals surface area contributed by atoms with Crippen LogP contribution in [0, 0.1) is 0 Å². The Morgan fingerprint density at radius 2 is 1.32 bits per heavy atom. The largest absolute Gasteiger partial charge is 0.490 e. The number of hydrogen-bond acceptors (Lipinski definition) is 8. The normalized spacial score (nSPS) is 17.8. The molecular formula is C40H53BBrN7O4. The van der Waals surface area contributed by atoms with Crippen LogP contribution in [0.5, 0.6) is 0 Å². The topological polar surface area (TPSA) is 109 Å². The molecule has 2 aliphatic heterocycles. The minimum Gasteiger partial charge on any atom is -0.444 e. The van der Waals surface area contributed by atoms with Gasteiger partial charge in [0, 0.05) is 42.8 Å². The van der Waals surface area contributed by atoms with E-state index in [4.69, 9.17) is 14.0 Å². The maximum Gasteiger partial charge on any atom is 0.490 e.